The second-order valence-corrected chi connectivity index (χ2v) is 10.4. The van der Waals surface area contributed by atoms with Crippen molar-refractivity contribution in [3.05, 3.63) is 48.0 Å². The van der Waals surface area contributed by atoms with Crippen LogP contribution in [0.3, 0.4) is 0 Å². The minimum atomic E-state index is -0.118. The van der Waals surface area contributed by atoms with Crippen molar-refractivity contribution >= 4 is 35.0 Å². The Morgan fingerprint density at radius 1 is 1.24 bits per heavy atom. The number of rotatable bonds is 7. The summed E-state index contributed by atoms with van der Waals surface area (Å²) in [7, 11) is 0. The summed E-state index contributed by atoms with van der Waals surface area (Å²) in [5, 5.41) is 7.26. The highest BCUT2D eigenvalue weighted by atomic mass is 32.2. The summed E-state index contributed by atoms with van der Waals surface area (Å²) in [4.78, 5) is 29.6. The zero-order valence-corrected chi connectivity index (χ0v) is 20.2. The van der Waals surface area contributed by atoms with E-state index >= 15 is 0 Å². The quantitative estimate of drug-likeness (QED) is 0.598. The zero-order valence-electron chi connectivity index (χ0n) is 19.4. The van der Waals surface area contributed by atoms with Crippen molar-refractivity contribution in [1.29, 1.82) is 0 Å². The lowest BCUT2D eigenvalue weighted by atomic mass is 9.89. The molecule has 1 atom stereocenters. The van der Waals surface area contributed by atoms with Gasteiger partial charge in [-0.3, -0.25) is 14.9 Å². The van der Waals surface area contributed by atoms with Gasteiger partial charge in [0.05, 0.1) is 24.6 Å². The van der Waals surface area contributed by atoms with Crippen LogP contribution in [0.25, 0.3) is 0 Å². The van der Waals surface area contributed by atoms with Crippen molar-refractivity contribution < 1.29 is 19.6 Å². The number of morpholine rings is 1. The van der Waals surface area contributed by atoms with Crippen molar-refractivity contribution in [2.45, 2.75) is 37.5 Å². The van der Waals surface area contributed by atoms with Gasteiger partial charge < -0.3 is 19.9 Å². The first-order chi connectivity index (χ1) is 16.0. The normalized spacial score (nSPS) is 23.8. The van der Waals surface area contributed by atoms with Crippen LogP contribution in [0.4, 0.5) is 11.4 Å². The van der Waals surface area contributed by atoms with Gasteiger partial charge >= 0.3 is 5.91 Å². The Morgan fingerprint density at radius 3 is 2.70 bits per heavy atom. The number of thioether (sulfide) groups is 1. The molecule has 3 heterocycles. The molecule has 0 aromatic heterocycles. The van der Waals surface area contributed by atoms with E-state index in [2.05, 4.69) is 35.1 Å². The number of para-hydroxylation sites is 2. The molecule has 0 saturated carbocycles. The lowest BCUT2D eigenvalue weighted by molar-refractivity contribution is -0.653. The molecule has 2 fully saturated rings. The lowest BCUT2D eigenvalue weighted by Gasteiger charge is -2.38. The summed E-state index contributed by atoms with van der Waals surface area (Å²) in [5.74, 6) is 0.593. The average Bonchev–Trinajstić information content (AvgIpc) is 3.27. The zero-order chi connectivity index (χ0) is 23.3. The Labute approximate surface area is 200 Å². The Kier molecular flexibility index (Phi) is 7.78. The number of piperidine rings is 1. The van der Waals surface area contributed by atoms with Crippen LogP contribution < -0.4 is 15.5 Å². The third-order valence-corrected chi connectivity index (χ3v) is 8.20. The predicted molar refractivity (Wildman–Crippen MR) is 133 cm³/mol. The van der Waals surface area contributed by atoms with Crippen LogP contribution in [0.15, 0.2) is 48.0 Å². The van der Waals surface area contributed by atoms with E-state index in [9.17, 15) is 9.59 Å². The fourth-order valence-corrected chi connectivity index (χ4v) is 6.02. The maximum atomic E-state index is 13.1. The SMILES string of the molecule is C=CCCC(=O)N1CCC(C2(C)[NH2+]C(C(=O)Nc3ccccc3N3CCOCC3)=CS2)CC1. The van der Waals surface area contributed by atoms with E-state index in [4.69, 9.17) is 4.74 Å². The minimum Gasteiger partial charge on any atom is -0.378 e. The van der Waals surface area contributed by atoms with E-state index in [-0.39, 0.29) is 16.7 Å². The third-order valence-electron chi connectivity index (χ3n) is 6.87. The fourth-order valence-electron chi connectivity index (χ4n) is 4.84. The molecule has 0 spiro atoms. The second kappa shape index (κ2) is 10.8. The summed E-state index contributed by atoms with van der Waals surface area (Å²) in [6.07, 6.45) is 5.00. The number of benzene rings is 1. The number of hydrogen-bond donors (Lipinski definition) is 2. The van der Waals surface area contributed by atoms with Crippen LogP contribution in [-0.2, 0) is 14.3 Å². The van der Waals surface area contributed by atoms with Gasteiger partial charge in [-0.1, -0.05) is 30.0 Å². The molecule has 7 nitrogen and oxygen atoms in total. The molecule has 4 rings (SSSR count). The summed E-state index contributed by atoms with van der Waals surface area (Å²) >= 11 is 1.73. The van der Waals surface area contributed by atoms with Crippen molar-refractivity contribution in [2.24, 2.45) is 5.92 Å². The first-order valence-corrected chi connectivity index (χ1v) is 12.7. The highest BCUT2D eigenvalue weighted by molar-refractivity contribution is 8.03. The van der Waals surface area contributed by atoms with Crippen molar-refractivity contribution in [1.82, 2.24) is 4.90 Å². The number of quaternary nitrogens is 1. The van der Waals surface area contributed by atoms with Gasteiger partial charge in [0, 0.05) is 50.8 Å². The van der Waals surface area contributed by atoms with Crippen LogP contribution in [-0.4, -0.2) is 61.0 Å². The van der Waals surface area contributed by atoms with Gasteiger partial charge in [0.25, 0.3) is 0 Å². The van der Waals surface area contributed by atoms with Crippen LogP contribution in [0.5, 0.6) is 0 Å². The maximum absolute atomic E-state index is 13.1. The number of likely N-dealkylation sites (tertiary alicyclic amines) is 1. The highest BCUT2D eigenvalue weighted by Crippen LogP contribution is 2.38. The lowest BCUT2D eigenvalue weighted by Crippen LogP contribution is -2.94. The molecule has 1 aromatic rings. The van der Waals surface area contributed by atoms with Crippen molar-refractivity contribution in [2.75, 3.05) is 49.6 Å². The largest absolute Gasteiger partial charge is 0.378 e. The molecule has 2 saturated heterocycles. The predicted octanol–water partition coefficient (Wildman–Crippen LogP) is 2.53. The number of nitrogens with two attached hydrogens (primary N) is 1. The molecule has 0 bridgehead atoms. The molecule has 0 aliphatic carbocycles. The molecule has 0 radical (unpaired) electrons. The number of carbonyl (C=O) groups excluding carboxylic acids is 2. The van der Waals surface area contributed by atoms with Gasteiger partial charge in [0.15, 0.2) is 4.87 Å². The first-order valence-electron chi connectivity index (χ1n) is 11.9. The van der Waals surface area contributed by atoms with Crippen molar-refractivity contribution in [3.8, 4) is 0 Å². The number of allylic oxidation sites excluding steroid dienone is 1. The Balaban J connectivity index is 1.33. The average molecular weight is 472 g/mol. The van der Waals surface area contributed by atoms with Gasteiger partial charge in [-0.05, 0) is 31.4 Å². The molecular formula is C25H35N4O3S+. The molecule has 2 amide bonds. The number of ether oxygens (including phenoxy) is 1. The van der Waals surface area contributed by atoms with E-state index in [0.29, 0.717) is 25.6 Å². The molecule has 3 N–H and O–H groups in total. The van der Waals surface area contributed by atoms with Gasteiger partial charge in [0.2, 0.25) is 11.6 Å². The molecule has 8 heteroatoms. The molecular weight excluding hydrogens is 436 g/mol. The summed E-state index contributed by atoms with van der Waals surface area (Å²) in [5.41, 5.74) is 2.60. The molecule has 1 aromatic carbocycles. The van der Waals surface area contributed by atoms with Crippen LogP contribution >= 0.6 is 11.8 Å². The molecule has 33 heavy (non-hydrogen) atoms. The Hall–Kier alpha value is -2.29. The molecule has 3 aliphatic rings. The van der Waals surface area contributed by atoms with Gasteiger partial charge in [-0.25, -0.2) is 0 Å². The van der Waals surface area contributed by atoms with Crippen LogP contribution in [0.1, 0.15) is 32.6 Å². The Bertz CT molecular complexity index is 907. The summed E-state index contributed by atoms with van der Waals surface area (Å²) in [6, 6.07) is 7.97. The van der Waals surface area contributed by atoms with E-state index in [1.165, 1.54) is 0 Å². The first kappa shape index (κ1) is 23.9. The van der Waals surface area contributed by atoms with E-state index in [1.807, 2.05) is 28.5 Å². The second-order valence-electron chi connectivity index (χ2n) is 9.07. The number of amides is 2. The molecule has 3 aliphatic heterocycles. The number of nitrogens with zero attached hydrogens (tertiary/aromatic N) is 2. The topological polar surface area (TPSA) is 78.5 Å². The van der Waals surface area contributed by atoms with Gasteiger partial charge in [-0.15, -0.1) is 6.58 Å². The van der Waals surface area contributed by atoms with Gasteiger partial charge in [0.1, 0.15) is 0 Å². The standard InChI is InChI=1S/C25H34N4O3S/c1-3-4-9-23(30)29-12-10-19(11-13-29)25(2)27-21(18-33-25)24(31)26-20-7-5-6-8-22(20)28-14-16-32-17-15-28/h3,5-8,18-19,27H,1,4,9-17H2,2H3,(H,26,31)/p+1. The van der Waals surface area contributed by atoms with E-state index in [1.54, 1.807) is 17.8 Å². The molecule has 1 unspecified atom stereocenters. The monoisotopic (exact) mass is 471 g/mol. The maximum Gasteiger partial charge on any atom is 0.310 e. The fraction of sp³-hybridized carbons (Fsp3) is 0.520. The third kappa shape index (κ3) is 5.62. The number of nitrogens with one attached hydrogen (secondary N) is 1. The Morgan fingerprint density at radius 2 is 1.97 bits per heavy atom. The van der Waals surface area contributed by atoms with Crippen LogP contribution in [0.2, 0.25) is 0 Å². The van der Waals surface area contributed by atoms with Gasteiger partial charge in [-0.2, -0.15) is 0 Å². The van der Waals surface area contributed by atoms with E-state index in [0.717, 1.165) is 62.5 Å². The number of anilines is 2. The smallest absolute Gasteiger partial charge is 0.310 e. The summed E-state index contributed by atoms with van der Waals surface area (Å²) < 4.78 is 5.47. The van der Waals surface area contributed by atoms with E-state index < -0.39 is 0 Å². The number of hydrogen-bond acceptors (Lipinski definition) is 5. The highest BCUT2D eigenvalue weighted by Gasteiger charge is 2.46. The summed E-state index contributed by atoms with van der Waals surface area (Å²) in [6.45, 7) is 10.6. The van der Waals surface area contributed by atoms with Crippen LogP contribution in [0, 0.1) is 5.92 Å². The van der Waals surface area contributed by atoms with Crippen molar-refractivity contribution in [3.63, 3.8) is 0 Å². The molecule has 178 valence electrons. The number of carbonyl (C=O) groups is 2. The minimum absolute atomic E-state index is 0.0658.